The fourth-order valence-corrected chi connectivity index (χ4v) is 2.84. The fraction of sp³-hybridized carbons (Fsp3) is 0.611. The van der Waals surface area contributed by atoms with Crippen molar-refractivity contribution >= 4 is 29.9 Å². The van der Waals surface area contributed by atoms with E-state index in [-0.39, 0.29) is 35.3 Å². The van der Waals surface area contributed by atoms with Gasteiger partial charge in [0.1, 0.15) is 5.75 Å². The molecular weight excluding hydrogens is 469 g/mol. The average molecular weight is 498 g/mol. The highest BCUT2D eigenvalue weighted by atomic mass is 127. The van der Waals surface area contributed by atoms with E-state index in [1.807, 2.05) is 0 Å². The van der Waals surface area contributed by atoms with E-state index in [2.05, 4.69) is 39.1 Å². The Labute approximate surface area is 176 Å². The number of hydrogen-bond donors (Lipinski definition) is 2. The second kappa shape index (κ2) is 11.6. The van der Waals surface area contributed by atoms with Crippen LogP contribution < -0.4 is 15.4 Å². The summed E-state index contributed by atoms with van der Waals surface area (Å²) in [6.45, 7) is 5.83. The van der Waals surface area contributed by atoms with Gasteiger partial charge in [-0.3, -0.25) is 9.89 Å². The van der Waals surface area contributed by atoms with Gasteiger partial charge < -0.3 is 20.1 Å². The zero-order chi connectivity index (χ0) is 19.0. The monoisotopic (exact) mass is 498 g/mol. The Morgan fingerprint density at radius 3 is 2.56 bits per heavy atom. The quantitative estimate of drug-likeness (QED) is 0.344. The molecule has 27 heavy (non-hydrogen) atoms. The third kappa shape index (κ3) is 7.74. The van der Waals surface area contributed by atoms with E-state index in [4.69, 9.17) is 4.74 Å². The molecule has 0 unspecified atom stereocenters. The highest BCUT2D eigenvalue weighted by molar-refractivity contribution is 14.0. The first-order valence-corrected chi connectivity index (χ1v) is 8.72. The average Bonchev–Trinajstić information content (AvgIpc) is 2.63. The van der Waals surface area contributed by atoms with Crippen LogP contribution in [0.2, 0.25) is 0 Å². The lowest BCUT2D eigenvalue weighted by Crippen LogP contribution is -2.56. The molecular formula is C18H29F2IN4O2. The number of para-hydroxylation sites is 1. The van der Waals surface area contributed by atoms with Crippen LogP contribution in [0, 0.1) is 0 Å². The minimum atomic E-state index is -2.84. The molecule has 1 aromatic rings. The summed E-state index contributed by atoms with van der Waals surface area (Å²) in [5.74, 6) is 0.775. The molecule has 0 radical (unpaired) electrons. The number of hydrogen-bond acceptors (Lipinski definition) is 4. The SMILES string of the molecule is CN=C(NCc1ccccc1OC(F)F)NCC(C)(C)N1CCOCC1.I. The predicted molar refractivity (Wildman–Crippen MR) is 113 cm³/mol. The van der Waals surface area contributed by atoms with Crippen LogP contribution in [-0.2, 0) is 11.3 Å². The summed E-state index contributed by atoms with van der Waals surface area (Å²) >= 11 is 0. The van der Waals surface area contributed by atoms with Crippen LogP contribution in [0.1, 0.15) is 19.4 Å². The van der Waals surface area contributed by atoms with Crippen molar-refractivity contribution in [2.24, 2.45) is 4.99 Å². The maximum absolute atomic E-state index is 12.5. The van der Waals surface area contributed by atoms with E-state index in [9.17, 15) is 8.78 Å². The summed E-state index contributed by atoms with van der Waals surface area (Å²) < 4.78 is 35.0. The summed E-state index contributed by atoms with van der Waals surface area (Å²) in [5, 5.41) is 6.45. The minimum Gasteiger partial charge on any atom is -0.434 e. The number of halogens is 3. The van der Waals surface area contributed by atoms with Crippen molar-refractivity contribution in [3.05, 3.63) is 29.8 Å². The van der Waals surface area contributed by atoms with Crippen molar-refractivity contribution in [2.45, 2.75) is 32.5 Å². The van der Waals surface area contributed by atoms with Gasteiger partial charge in [0.05, 0.1) is 13.2 Å². The number of rotatable bonds is 7. The number of nitrogens with zero attached hydrogens (tertiary/aromatic N) is 2. The van der Waals surface area contributed by atoms with Gasteiger partial charge in [-0.2, -0.15) is 8.78 Å². The van der Waals surface area contributed by atoms with Crippen LogP contribution in [0.25, 0.3) is 0 Å². The van der Waals surface area contributed by atoms with Gasteiger partial charge in [-0.1, -0.05) is 18.2 Å². The molecule has 1 aromatic carbocycles. The van der Waals surface area contributed by atoms with Gasteiger partial charge in [-0.15, -0.1) is 24.0 Å². The lowest BCUT2D eigenvalue weighted by Gasteiger charge is -2.41. The number of aliphatic imine (C=N–C) groups is 1. The van der Waals surface area contributed by atoms with Crippen LogP contribution in [0.4, 0.5) is 8.78 Å². The number of ether oxygens (including phenoxy) is 2. The number of guanidine groups is 1. The number of nitrogens with one attached hydrogen (secondary N) is 2. The third-order valence-electron chi connectivity index (χ3n) is 4.41. The van der Waals surface area contributed by atoms with Gasteiger partial charge in [-0.05, 0) is 19.9 Å². The lowest BCUT2D eigenvalue weighted by molar-refractivity contribution is -0.0504. The molecule has 0 aromatic heterocycles. The minimum absolute atomic E-state index is 0. The standard InChI is InChI=1S/C18H28F2N4O2.HI/c1-18(2,24-8-10-25-11-9-24)13-23-17(21-3)22-12-14-6-4-5-7-15(14)26-16(19)20;/h4-7,16H,8-13H2,1-3H3,(H2,21,22,23);1H. The summed E-state index contributed by atoms with van der Waals surface area (Å²) in [4.78, 5) is 6.58. The number of morpholine rings is 1. The van der Waals surface area contributed by atoms with Gasteiger partial charge in [0, 0.05) is 44.3 Å². The van der Waals surface area contributed by atoms with E-state index in [0.29, 0.717) is 24.6 Å². The Morgan fingerprint density at radius 2 is 1.93 bits per heavy atom. The zero-order valence-corrected chi connectivity index (χ0v) is 18.3. The van der Waals surface area contributed by atoms with Crippen molar-refractivity contribution in [1.29, 1.82) is 0 Å². The Morgan fingerprint density at radius 1 is 1.26 bits per heavy atom. The van der Waals surface area contributed by atoms with E-state index in [0.717, 1.165) is 26.3 Å². The van der Waals surface area contributed by atoms with Crippen LogP contribution in [0.15, 0.2) is 29.3 Å². The second-order valence-electron chi connectivity index (χ2n) is 6.68. The van der Waals surface area contributed by atoms with E-state index >= 15 is 0 Å². The summed E-state index contributed by atoms with van der Waals surface area (Å²) in [7, 11) is 1.68. The Hall–Kier alpha value is -1.20. The highest BCUT2D eigenvalue weighted by Gasteiger charge is 2.28. The maximum Gasteiger partial charge on any atom is 0.387 e. The smallest absolute Gasteiger partial charge is 0.387 e. The largest absolute Gasteiger partial charge is 0.434 e. The molecule has 0 aliphatic carbocycles. The molecule has 2 N–H and O–H groups in total. The number of benzene rings is 1. The second-order valence-corrected chi connectivity index (χ2v) is 6.68. The highest BCUT2D eigenvalue weighted by Crippen LogP contribution is 2.20. The predicted octanol–water partition coefficient (Wildman–Crippen LogP) is 2.68. The zero-order valence-electron chi connectivity index (χ0n) is 16.0. The summed E-state index contributed by atoms with van der Waals surface area (Å²) in [6.07, 6.45) is 0. The van der Waals surface area contributed by atoms with Crippen molar-refractivity contribution in [3.63, 3.8) is 0 Å². The molecule has 2 rings (SSSR count). The summed E-state index contributed by atoms with van der Waals surface area (Å²) in [6, 6.07) is 6.72. The number of alkyl halides is 2. The normalized spacial score (nSPS) is 16.0. The summed E-state index contributed by atoms with van der Waals surface area (Å²) in [5.41, 5.74) is 0.584. The van der Waals surface area contributed by atoms with E-state index < -0.39 is 6.61 Å². The van der Waals surface area contributed by atoms with Crippen LogP contribution >= 0.6 is 24.0 Å². The molecule has 1 heterocycles. The van der Waals surface area contributed by atoms with Gasteiger partial charge >= 0.3 is 6.61 Å². The molecule has 1 aliphatic heterocycles. The topological polar surface area (TPSA) is 58.1 Å². The van der Waals surface area contributed by atoms with Gasteiger partial charge in [0.15, 0.2) is 5.96 Å². The first-order chi connectivity index (χ1) is 12.4. The molecule has 0 saturated carbocycles. The van der Waals surface area contributed by atoms with Crippen molar-refractivity contribution in [1.82, 2.24) is 15.5 Å². The first kappa shape index (κ1) is 23.8. The maximum atomic E-state index is 12.5. The van der Waals surface area contributed by atoms with Crippen molar-refractivity contribution < 1.29 is 18.3 Å². The van der Waals surface area contributed by atoms with Crippen molar-refractivity contribution in [3.8, 4) is 5.75 Å². The van der Waals surface area contributed by atoms with Crippen molar-refractivity contribution in [2.75, 3.05) is 39.9 Å². The van der Waals surface area contributed by atoms with Gasteiger partial charge in [0.25, 0.3) is 0 Å². The lowest BCUT2D eigenvalue weighted by atomic mass is 10.0. The van der Waals surface area contributed by atoms with Crippen LogP contribution in [0.5, 0.6) is 5.75 Å². The van der Waals surface area contributed by atoms with Gasteiger partial charge in [-0.25, -0.2) is 0 Å². The van der Waals surface area contributed by atoms with Gasteiger partial charge in [0.2, 0.25) is 0 Å². The molecule has 1 saturated heterocycles. The molecule has 9 heteroatoms. The van der Waals surface area contributed by atoms with E-state index in [1.165, 1.54) is 6.07 Å². The Balaban J connectivity index is 0.00000364. The molecule has 0 spiro atoms. The molecule has 154 valence electrons. The molecule has 6 nitrogen and oxygen atoms in total. The molecule has 0 bridgehead atoms. The molecule has 0 atom stereocenters. The fourth-order valence-electron chi connectivity index (χ4n) is 2.84. The van der Waals surface area contributed by atoms with Crippen LogP contribution in [-0.4, -0.2) is 62.9 Å². The molecule has 1 aliphatic rings. The van der Waals surface area contributed by atoms with Crippen LogP contribution in [0.3, 0.4) is 0 Å². The first-order valence-electron chi connectivity index (χ1n) is 8.72. The molecule has 0 amide bonds. The molecule has 1 fully saturated rings. The van der Waals surface area contributed by atoms with E-state index in [1.54, 1.807) is 25.2 Å². The Kier molecular flexibility index (Phi) is 10.2. The third-order valence-corrected chi connectivity index (χ3v) is 4.41. The Bertz CT molecular complexity index is 596.